The van der Waals surface area contributed by atoms with Gasteiger partial charge in [0.1, 0.15) is 11.4 Å². The molecule has 0 spiro atoms. The molecule has 0 saturated carbocycles. The van der Waals surface area contributed by atoms with Crippen LogP contribution in [0.25, 0.3) is 0 Å². The lowest BCUT2D eigenvalue weighted by Gasteiger charge is -2.06. The van der Waals surface area contributed by atoms with Gasteiger partial charge in [0.05, 0.1) is 5.69 Å². The van der Waals surface area contributed by atoms with Crippen LogP contribution in [0.2, 0.25) is 0 Å². The van der Waals surface area contributed by atoms with E-state index >= 15 is 0 Å². The summed E-state index contributed by atoms with van der Waals surface area (Å²) < 4.78 is 1.53. The van der Waals surface area contributed by atoms with Gasteiger partial charge in [-0.3, -0.25) is 9.48 Å². The van der Waals surface area contributed by atoms with Crippen molar-refractivity contribution in [1.29, 1.82) is 0 Å². The fraction of sp³-hybridized carbons (Fsp3) is 0.231. The normalized spacial score (nSPS) is 10.4. The average molecular weight is 245 g/mol. The van der Waals surface area contributed by atoms with Crippen molar-refractivity contribution in [2.24, 2.45) is 7.05 Å². The molecule has 2 aromatic rings. The van der Waals surface area contributed by atoms with Crippen LogP contribution in [0, 0.1) is 13.8 Å². The first-order valence-electron chi connectivity index (χ1n) is 5.59. The number of benzene rings is 1. The van der Waals surface area contributed by atoms with E-state index in [1.807, 2.05) is 6.92 Å². The Balaban J connectivity index is 2.21. The smallest absolute Gasteiger partial charge is 0.273 e. The molecule has 1 aromatic carbocycles. The standard InChI is InChI=1S/C13H15N3O2/c1-8-4-5-10(7-12(8)17)14-13(18)11-6-9(2)15-16(11)3/h4-7,17H,1-3H3,(H,14,18). The second-order valence-corrected chi connectivity index (χ2v) is 4.25. The van der Waals surface area contributed by atoms with Gasteiger partial charge in [-0.25, -0.2) is 0 Å². The highest BCUT2D eigenvalue weighted by Crippen LogP contribution is 2.21. The van der Waals surface area contributed by atoms with Crippen molar-refractivity contribution < 1.29 is 9.90 Å². The third-order valence-corrected chi connectivity index (χ3v) is 2.70. The molecule has 0 fully saturated rings. The summed E-state index contributed by atoms with van der Waals surface area (Å²) in [5, 5.41) is 16.4. The first-order chi connectivity index (χ1) is 8.47. The predicted molar refractivity (Wildman–Crippen MR) is 68.7 cm³/mol. The number of amides is 1. The maximum absolute atomic E-state index is 12.0. The van der Waals surface area contributed by atoms with Crippen LogP contribution < -0.4 is 5.32 Å². The monoisotopic (exact) mass is 245 g/mol. The van der Waals surface area contributed by atoms with Crippen LogP contribution >= 0.6 is 0 Å². The van der Waals surface area contributed by atoms with Gasteiger partial charge in [-0.05, 0) is 31.5 Å². The number of carbonyl (C=O) groups excluding carboxylic acids is 1. The zero-order valence-electron chi connectivity index (χ0n) is 10.6. The Kier molecular flexibility index (Phi) is 3.06. The Morgan fingerprint density at radius 3 is 2.61 bits per heavy atom. The third-order valence-electron chi connectivity index (χ3n) is 2.70. The summed E-state index contributed by atoms with van der Waals surface area (Å²) in [6.45, 7) is 3.62. The van der Waals surface area contributed by atoms with E-state index in [9.17, 15) is 9.90 Å². The fourth-order valence-electron chi connectivity index (χ4n) is 1.71. The van der Waals surface area contributed by atoms with E-state index in [0.29, 0.717) is 11.4 Å². The van der Waals surface area contributed by atoms with Gasteiger partial charge in [0.15, 0.2) is 0 Å². The Morgan fingerprint density at radius 1 is 1.33 bits per heavy atom. The molecule has 2 rings (SSSR count). The number of hydrogen-bond donors (Lipinski definition) is 2. The Bertz CT molecular complexity index is 602. The minimum Gasteiger partial charge on any atom is -0.508 e. The highest BCUT2D eigenvalue weighted by atomic mass is 16.3. The summed E-state index contributed by atoms with van der Waals surface area (Å²) in [5.74, 6) is -0.0876. The van der Waals surface area contributed by atoms with Crippen molar-refractivity contribution >= 4 is 11.6 Å². The maximum atomic E-state index is 12.0. The SMILES string of the molecule is Cc1cc(C(=O)Nc2ccc(C)c(O)c2)n(C)n1. The number of rotatable bonds is 2. The van der Waals surface area contributed by atoms with E-state index in [1.54, 1.807) is 32.2 Å². The highest BCUT2D eigenvalue weighted by Gasteiger charge is 2.12. The minimum atomic E-state index is -0.249. The molecule has 0 bridgehead atoms. The largest absolute Gasteiger partial charge is 0.508 e. The molecule has 0 aliphatic heterocycles. The molecule has 1 heterocycles. The van der Waals surface area contributed by atoms with Crippen molar-refractivity contribution in [3.63, 3.8) is 0 Å². The van der Waals surface area contributed by atoms with E-state index < -0.39 is 0 Å². The predicted octanol–water partition coefficient (Wildman–Crippen LogP) is 1.99. The zero-order valence-corrected chi connectivity index (χ0v) is 10.6. The number of hydrogen-bond acceptors (Lipinski definition) is 3. The van der Waals surface area contributed by atoms with Gasteiger partial charge in [0.25, 0.3) is 5.91 Å². The average Bonchev–Trinajstić information content (AvgIpc) is 2.63. The molecule has 0 unspecified atom stereocenters. The topological polar surface area (TPSA) is 67.2 Å². The second kappa shape index (κ2) is 4.52. The van der Waals surface area contributed by atoms with E-state index in [1.165, 1.54) is 10.7 Å². The van der Waals surface area contributed by atoms with E-state index in [4.69, 9.17) is 0 Å². The molecular formula is C13H15N3O2. The van der Waals surface area contributed by atoms with Crippen molar-refractivity contribution in [3.05, 3.63) is 41.2 Å². The van der Waals surface area contributed by atoms with E-state index in [0.717, 1.165) is 11.3 Å². The van der Waals surface area contributed by atoms with Crippen molar-refractivity contribution in [1.82, 2.24) is 9.78 Å². The molecule has 0 radical (unpaired) electrons. The minimum absolute atomic E-state index is 0.161. The van der Waals surface area contributed by atoms with Crippen LogP contribution in [-0.4, -0.2) is 20.8 Å². The first-order valence-corrected chi connectivity index (χ1v) is 5.59. The summed E-state index contributed by atoms with van der Waals surface area (Å²) in [5.41, 5.74) is 2.59. The van der Waals surface area contributed by atoms with Crippen molar-refractivity contribution in [2.45, 2.75) is 13.8 Å². The molecular weight excluding hydrogens is 230 g/mol. The number of phenols is 1. The van der Waals surface area contributed by atoms with Gasteiger partial charge in [0.2, 0.25) is 0 Å². The number of phenolic OH excluding ortho intramolecular Hbond substituents is 1. The Labute approximate surface area is 105 Å². The van der Waals surface area contributed by atoms with Gasteiger partial charge in [-0.2, -0.15) is 5.10 Å². The number of aryl methyl sites for hydroxylation is 3. The molecule has 0 atom stereocenters. The number of carbonyl (C=O) groups is 1. The lowest BCUT2D eigenvalue weighted by Crippen LogP contribution is -2.15. The van der Waals surface area contributed by atoms with Gasteiger partial charge in [-0.15, -0.1) is 0 Å². The van der Waals surface area contributed by atoms with Crippen LogP contribution in [0.1, 0.15) is 21.7 Å². The van der Waals surface area contributed by atoms with Crippen molar-refractivity contribution in [3.8, 4) is 5.75 Å². The summed E-state index contributed by atoms with van der Waals surface area (Å²) in [6, 6.07) is 6.73. The van der Waals surface area contributed by atoms with Crippen LogP contribution in [0.15, 0.2) is 24.3 Å². The van der Waals surface area contributed by atoms with Crippen LogP contribution in [0.4, 0.5) is 5.69 Å². The summed E-state index contributed by atoms with van der Waals surface area (Å²) >= 11 is 0. The number of aromatic nitrogens is 2. The molecule has 5 nitrogen and oxygen atoms in total. The number of anilines is 1. The van der Waals surface area contributed by atoms with Gasteiger partial charge in [0, 0.05) is 18.8 Å². The van der Waals surface area contributed by atoms with E-state index in [-0.39, 0.29) is 11.7 Å². The summed E-state index contributed by atoms with van der Waals surface area (Å²) in [7, 11) is 1.72. The molecule has 5 heteroatoms. The number of aromatic hydroxyl groups is 1. The van der Waals surface area contributed by atoms with Crippen LogP contribution in [0.3, 0.4) is 0 Å². The van der Waals surface area contributed by atoms with Crippen LogP contribution in [-0.2, 0) is 7.05 Å². The van der Waals surface area contributed by atoms with Crippen LogP contribution in [0.5, 0.6) is 5.75 Å². The summed E-state index contributed by atoms with van der Waals surface area (Å²) in [6.07, 6.45) is 0. The second-order valence-electron chi connectivity index (χ2n) is 4.25. The Morgan fingerprint density at radius 2 is 2.06 bits per heavy atom. The lowest BCUT2D eigenvalue weighted by atomic mass is 10.2. The molecule has 1 amide bonds. The summed E-state index contributed by atoms with van der Waals surface area (Å²) in [4.78, 5) is 12.0. The highest BCUT2D eigenvalue weighted by molar-refractivity contribution is 6.03. The van der Waals surface area contributed by atoms with Gasteiger partial charge >= 0.3 is 0 Å². The van der Waals surface area contributed by atoms with E-state index in [2.05, 4.69) is 10.4 Å². The molecule has 0 aliphatic rings. The molecule has 1 aromatic heterocycles. The third kappa shape index (κ3) is 2.34. The molecule has 0 aliphatic carbocycles. The first kappa shape index (κ1) is 12.2. The Hall–Kier alpha value is -2.30. The maximum Gasteiger partial charge on any atom is 0.273 e. The molecule has 18 heavy (non-hydrogen) atoms. The fourth-order valence-corrected chi connectivity index (χ4v) is 1.71. The molecule has 0 saturated heterocycles. The van der Waals surface area contributed by atoms with Gasteiger partial charge < -0.3 is 10.4 Å². The van der Waals surface area contributed by atoms with Crippen molar-refractivity contribution in [2.75, 3.05) is 5.32 Å². The van der Waals surface area contributed by atoms with Gasteiger partial charge in [-0.1, -0.05) is 6.07 Å². The zero-order chi connectivity index (χ0) is 13.3. The lowest BCUT2D eigenvalue weighted by molar-refractivity contribution is 0.101. The number of nitrogens with zero attached hydrogens (tertiary/aromatic N) is 2. The molecule has 94 valence electrons. The quantitative estimate of drug-likeness (QED) is 0.850. The number of nitrogens with one attached hydrogen (secondary N) is 1. The molecule has 2 N–H and O–H groups in total.